The smallest absolute Gasteiger partial charge is 0.163 e. The molecule has 4 aliphatic rings. The number of carbonyl (C=O) groups is 1. The lowest BCUT2D eigenvalue weighted by molar-refractivity contribution is -0.134. The third-order valence-electron chi connectivity index (χ3n) is 8.75. The van der Waals surface area contributed by atoms with Gasteiger partial charge in [-0.3, -0.25) is 4.79 Å². The van der Waals surface area contributed by atoms with Crippen molar-refractivity contribution < 1.29 is 20.1 Å². The number of hydrogen-bond donors (Lipinski definition) is 3. The number of rotatable bonds is 6. The van der Waals surface area contributed by atoms with Gasteiger partial charge < -0.3 is 15.3 Å². The van der Waals surface area contributed by atoms with Crippen molar-refractivity contribution in [2.24, 2.45) is 16.7 Å². The van der Waals surface area contributed by atoms with Crippen LogP contribution in [-0.2, 0) is 4.79 Å². The van der Waals surface area contributed by atoms with Crippen molar-refractivity contribution in [1.29, 1.82) is 0 Å². The molecule has 0 spiro atoms. The van der Waals surface area contributed by atoms with Crippen molar-refractivity contribution in [3.05, 3.63) is 47.1 Å². The molecule has 4 rings (SSSR count). The average molecular weight is 441 g/mol. The predicted molar refractivity (Wildman–Crippen MR) is 127 cm³/mol. The van der Waals surface area contributed by atoms with Gasteiger partial charge in [0.15, 0.2) is 5.78 Å². The molecule has 0 aromatic rings. The van der Waals surface area contributed by atoms with Crippen LogP contribution in [0.3, 0.4) is 0 Å². The van der Waals surface area contributed by atoms with E-state index in [0.29, 0.717) is 25.2 Å². The van der Waals surface area contributed by atoms with Gasteiger partial charge in [0.25, 0.3) is 0 Å². The van der Waals surface area contributed by atoms with Crippen LogP contribution in [0.25, 0.3) is 0 Å². The summed E-state index contributed by atoms with van der Waals surface area (Å²) in [6, 6.07) is 0. The van der Waals surface area contributed by atoms with Crippen LogP contribution >= 0.6 is 0 Å². The van der Waals surface area contributed by atoms with Crippen molar-refractivity contribution in [2.75, 3.05) is 0 Å². The Morgan fingerprint density at radius 3 is 2.62 bits per heavy atom. The molecule has 0 aromatic heterocycles. The van der Waals surface area contributed by atoms with E-state index in [1.807, 2.05) is 0 Å². The summed E-state index contributed by atoms with van der Waals surface area (Å²) in [5, 5.41) is 30.2. The molecule has 32 heavy (non-hydrogen) atoms. The van der Waals surface area contributed by atoms with Crippen molar-refractivity contribution in [3.63, 3.8) is 0 Å². The minimum atomic E-state index is -1.24. The van der Waals surface area contributed by atoms with Crippen LogP contribution in [-0.4, -0.2) is 38.9 Å². The summed E-state index contributed by atoms with van der Waals surface area (Å²) in [5.74, 6) is 0.425. The maximum Gasteiger partial charge on any atom is 0.163 e. The molecule has 3 N–H and O–H groups in total. The van der Waals surface area contributed by atoms with Gasteiger partial charge in [-0.05, 0) is 93.1 Å². The minimum Gasteiger partial charge on any atom is -0.393 e. The summed E-state index contributed by atoms with van der Waals surface area (Å²) < 4.78 is 0. The zero-order chi connectivity index (χ0) is 23.3. The summed E-state index contributed by atoms with van der Waals surface area (Å²) in [4.78, 5) is 12.3. The molecule has 0 amide bonds. The van der Waals surface area contributed by atoms with Crippen LogP contribution in [0.2, 0.25) is 0 Å². The summed E-state index contributed by atoms with van der Waals surface area (Å²) in [6.45, 7) is 9.64. The number of allylic oxidation sites excluding steroid dienone is 5. The second kappa shape index (κ2) is 8.38. The van der Waals surface area contributed by atoms with Gasteiger partial charge in [-0.2, -0.15) is 0 Å². The van der Waals surface area contributed by atoms with Crippen LogP contribution in [0, 0.1) is 16.7 Å². The molecule has 0 saturated heterocycles. The normalized spacial score (nSPS) is 36.9. The summed E-state index contributed by atoms with van der Waals surface area (Å²) in [6.07, 6.45) is 14.6. The first-order valence-electron chi connectivity index (χ1n) is 12.4. The second-order valence-corrected chi connectivity index (χ2v) is 11.5. The predicted octanol–water partition coefficient (Wildman–Crippen LogP) is 4.95. The second-order valence-electron chi connectivity index (χ2n) is 11.5. The SMILES string of the molecule is C=C1/C(=C\C=C2/CCC[C@]3(C)C(C4(CCC(=O)C(C)(C)O)CC4)=CC[C@@H]23)C[C@@H](O)C[C@@H]1O. The van der Waals surface area contributed by atoms with Crippen LogP contribution in [0.15, 0.2) is 47.1 Å². The standard InChI is InChI=1S/C28H40O4/c1-18-20(16-21(29)17-23(18)30)8-7-19-6-5-12-27(4)22(19)9-10-24(27)28(14-15-28)13-11-25(31)26(2,3)32/h7-8,10,21-23,29-30,32H,1,5-6,9,11-17H2,2-4H3/b19-7+,20-8-/t21-,22+,23+,27+/m1/s1. The summed E-state index contributed by atoms with van der Waals surface area (Å²) in [7, 11) is 0. The quantitative estimate of drug-likeness (QED) is 0.511. The zero-order valence-corrected chi connectivity index (χ0v) is 20.0. The van der Waals surface area contributed by atoms with Crippen molar-refractivity contribution in [2.45, 2.75) is 103 Å². The Labute approximate surface area is 192 Å². The third-order valence-corrected chi connectivity index (χ3v) is 8.75. The highest BCUT2D eigenvalue weighted by molar-refractivity contribution is 5.86. The number of aliphatic hydroxyl groups excluding tert-OH is 2. The zero-order valence-electron chi connectivity index (χ0n) is 20.0. The minimum absolute atomic E-state index is 0.0583. The lowest BCUT2D eigenvalue weighted by Crippen LogP contribution is -2.35. The fourth-order valence-corrected chi connectivity index (χ4v) is 6.57. The Hall–Kier alpha value is -1.49. The molecular formula is C28H40O4. The molecule has 4 atom stereocenters. The molecule has 3 fully saturated rings. The van der Waals surface area contributed by atoms with E-state index < -0.39 is 17.8 Å². The van der Waals surface area contributed by atoms with E-state index in [0.717, 1.165) is 49.7 Å². The molecule has 176 valence electrons. The first-order chi connectivity index (χ1) is 15.0. The first-order valence-corrected chi connectivity index (χ1v) is 12.4. The van der Waals surface area contributed by atoms with Gasteiger partial charge in [0.05, 0.1) is 12.2 Å². The highest BCUT2D eigenvalue weighted by atomic mass is 16.3. The van der Waals surface area contributed by atoms with Gasteiger partial charge in [0, 0.05) is 12.8 Å². The maximum atomic E-state index is 12.3. The van der Waals surface area contributed by atoms with E-state index in [9.17, 15) is 20.1 Å². The Bertz CT molecular complexity index is 880. The van der Waals surface area contributed by atoms with Crippen LogP contribution < -0.4 is 0 Å². The lowest BCUT2D eigenvalue weighted by atomic mass is 9.61. The highest BCUT2D eigenvalue weighted by Crippen LogP contribution is 2.67. The van der Waals surface area contributed by atoms with Gasteiger partial charge in [0.2, 0.25) is 0 Å². The topological polar surface area (TPSA) is 77.8 Å². The Kier molecular flexibility index (Phi) is 6.19. The molecule has 0 radical (unpaired) electrons. The molecule has 0 aliphatic heterocycles. The van der Waals surface area contributed by atoms with Crippen LogP contribution in [0.5, 0.6) is 0 Å². The van der Waals surface area contributed by atoms with Crippen LogP contribution in [0.4, 0.5) is 0 Å². The van der Waals surface area contributed by atoms with Gasteiger partial charge >= 0.3 is 0 Å². The van der Waals surface area contributed by atoms with Gasteiger partial charge in [-0.1, -0.05) is 42.9 Å². The Morgan fingerprint density at radius 2 is 1.97 bits per heavy atom. The fourth-order valence-electron chi connectivity index (χ4n) is 6.57. The van der Waals surface area contributed by atoms with E-state index in [1.54, 1.807) is 19.4 Å². The molecular weight excluding hydrogens is 400 g/mol. The summed E-state index contributed by atoms with van der Waals surface area (Å²) >= 11 is 0. The summed E-state index contributed by atoms with van der Waals surface area (Å²) in [5.41, 5.74) is 3.77. The number of ketones is 1. The molecule has 0 unspecified atom stereocenters. The van der Waals surface area contributed by atoms with E-state index in [2.05, 4.69) is 31.7 Å². The molecule has 4 aliphatic carbocycles. The number of fused-ring (bicyclic) bond motifs is 1. The molecule has 0 heterocycles. The van der Waals surface area contributed by atoms with Crippen molar-refractivity contribution >= 4 is 5.78 Å². The first kappa shape index (κ1) is 23.7. The van der Waals surface area contributed by atoms with E-state index in [4.69, 9.17) is 0 Å². The maximum absolute atomic E-state index is 12.3. The van der Waals surface area contributed by atoms with E-state index >= 15 is 0 Å². The number of aliphatic hydroxyl groups is 3. The lowest BCUT2D eigenvalue weighted by Gasteiger charge is -2.43. The van der Waals surface area contributed by atoms with Crippen LogP contribution in [0.1, 0.15) is 85.0 Å². The number of carbonyl (C=O) groups excluding carboxylic acids is 1. The van der Waals surface area contributed by atoms with Gasteiger partial charge in [-0.25, -0.2) is 0 Å². The van der Waals surface area contributed by atoms with E-state index in [1.165, 1.54) is 12.0 Å². The molecule has 3 saturated carbocycles. The molecule has 0 aromatic carbocycles. The van der Waals surface area contributed by atoms with Crippen molar-refractivity contribution in [1.82, 2.24) is 0 Å². The monoisotopic (exact) mass is 440 g/mol. The number of Topliss-reactive ketones (excluding diaryl/α,β-unsaturated/α-hetero) is 1. The molecule has 4 nitrogen and oxygen atoms in total. The molecule has 0 bridgehead atoms. The number of hydrogen-bond acceptors (Lipinski definition) is 4. The van der Waals surface area contributed by atoms with Crippen molar-refractivity contribution in [3.8, 4) is 0 Å². The highest BCUT2D eigenvalue weighted by Gasteiger charge is 2.56. The van der Waals surface area contributed by atoms with Gasteiger partial charge in [-0.15, -0.1) is 0 Å². The third kappa shape index (κ3) is 4.34. The van der Waals surface area contributed by atoms with E-state index in [-0.39, 0.29) is 16.6 Å². The fraction of sp³-hybridized carbons (Fsp3) is 0.679. The molecule has 4 heteroatoms. The largest absolute Gasteiger partial charge is 0.393 e. The average Bonchev–Trinajstić information content (AvgIpc) is 3.40. The van der Waals surface area contributed by atoms with Gasteiger partial charge in [0.1, 0.15) is 5.60 Å². The Morgan fingerprint density at radius 1 is 1.25 bits per heavy atom. The Balaban J connectivity index is 1.51.